The lowest BCUT2D eigenvalue weighted by Gasteiger charge is -2.42. The molecular weight excluding hydrogens is 398 g/mol. The molecule has 2 saturated heterocycles. The maximum absolute atomic E-state index is 13.3. The highest BCUT2D eigenvalue weighted by atomic mass is 16.2. The highest BCUT2D eigenvalue weighted by Gasteiger charge is 2.33. The molecule has 1 aromatic carbocycles. The molecule has 1 amide bonds. The van der Waals surface area contributed by atoms with Crippen LogP contribution < -0.4 is 4.90 Å². The predicted octanol–water partition coefficient (Wildman–Crippen LogP) is 3.84. The Labute approximate surface area is 191 Å². The van der Waals surface area contributed by atoms with E-state index in [0.717, 1.165) is 75.2 Å². The second-order valence-electron chi connectivity index (χ2n) is 9.58. The number of benzene rings is 1. The summed E-state index contributed by atoms with van der Waals surface area (Å²) in [4.78, 5) is 20.3. The molecule has 0 spiro atoms. The van der Waals surface area contributed by atoms with E-state index in [2.05, 4.69) is 24.9 Å². The third kappa shape index (κ3) is 4.80. The molecule has 1 atom stereocenters. The Morgan fingerprint density at radius 2 is 1.56 bits per heavy atom. The predicted molar refractivity (Wildman–Crippen MR) is 127 cm³/mol. The van der Waals surface area contributed by atoms with Crippen LogP contribution in [0.2, 0.25) is 0 Å². The van der Waals surface area contributed by atoms with Crippen molar-refractivity contribution < 1.29 is 4.79 Å². The van der Waals surface area contributed by atoms with E-state index in [4.69, 9.17) is 0 Å². The van der Waals surface area contributed by atoms with Crippen molar-refractivity contribution in [1.82, 2.24) is 20.0 Å². The van der Waals surface area contributed by atoms with E-state index >= 15 is 0 Å². The summed E-state index contributed by atoms with van der Waals surface area (Å²) >= 11 is 0. The fraction of sp³-hybridized carbons (Fsp3) is 0.577. The average Bonchev–Trinajstić information content (AvgIpc) is 2.89. The van der Waals surface area contributed by atoms with Gasteiger partial charge in [-0.1, -0.05) is 49.6 Å². The van der Waals surface area contributed by atoms with Crippen LogP contribution >= 0.6 is 0 Å². The topological polar surface area (TPSA) is 52.6 Å². The van der Waals surface area contributed by atoms with E-state index in [0.29, 0.717) is 5.91 Å². The molecule has 1 saturated carbocycles. The van der Waals surface area contributed by atoms with Crippen LogP contribution in [0.25, 0.3) is 11.3 Å². The Morgan fingerprint density at radius 3 is 2.28 bits per heavy atom. The number of carbonyl (C=O) groups is 1. The number of rotatable bonds is 4. The minimum Gasteiger partial charge on any atom is -0.354 e. The first-order valence-corrected chi connectivity index (χ1v) is 12.4. The third-order valence-corrected chi connectivity index (χ3v) is 7.53. The van der Waals surface area contributed by atoms with Crippen molar-refractivity contribution >= 4 is 11.7 Å². The summed E-state index contributed by atoms with van der Waals surface area (Å²) in [7, 11) is 0. The van der Waals surface area contributed by atoms with Gasteiger partial charge in [-0.05, 0) is 37.8 Å². The van der Waals surface area contributed by atoms with Crippen molar-refractivity contribution in [2.75, 3.05) is 44.2 Å². The van der Waals surface area contributed by atoms with Gasteiger partial charge in [-0.25, -0.2) is 0 Å². The fourth-order valence-electron chi connectivity index (χ4n) is 5.66. The van der Waals surface area contributed by atoms with Gasteiger partial charge in [-0.15, -0.1) is 10.2 Å². The molecule has 3 fully saturated rings. The van der Waals surface area contributed by atoms with Crippen LogP contribution in [-0.2, 0) is 4.79 Å². The number of hydrogen-bond donors (Lipinski definition) is 0. The number of piperazine rings is 1. The first-order valence-electron chi connectivity index (χ1n) is 12.4. The molecule has 6 heteroatoms. The fourth-order valence-corrected chi connectivity index (χ4v) is 5.66. The molecule has 32 heavy (non-hydrogen) atoms. The first kappa shape index (κ1) is 21.4. The largest absolute Gasteiger partial charge is 0.354 e. The third-order valence-electron chi connectivity index (χ3n) is 7.53. The molecule has 1 aliphatic carbocycles. The summed E-state index contributed by atoms with van der Waals surface area (Å²) in [6.45, 7) is 5.55. The number of anilines is 1. The SMILES string of the molecule is O=C(C1CCCN(c2ccc(-c3ccccc3)nn2)C1)N1CCN(C2CCCCC2)CC1. The van der Waals surface area contributed by atoms with E-state index in [9.17, 15) is 4.79 Å². The van der Waals surface area contributed by atoms with Gasteiger partial charge in [0.15, 0.2) is 5.82 Å². The molecule has 1 aromatic heterocycles. The van der Waals surface area contributed by atoms with Gasteiger partial charge in [0.05, 0.1) is 11.6 Å². The zero-order valence-corrected chi connectivity index (χ0v) is 19.0. The van der Waals surface area contributed by atoms with Gasteiger partial charge < -0.3 is 9.80 Å². The minimum absolute atomic E-state index is 0.0700. The van der Waals surface area contributed by atoms with Crippen LogP contribution in [0.3, 0.4) is 0 Å². The summed E-state index contributed by atoms with van der Waals surface area (Å²) in [6.07, 6.45) is 8.83. The summed E-state index contributed by atoms with van der Waals surface area (Å²) in [5.74, 6) is 1.29. The number of carbonyl (C=O) groups excluding carboxylic acids is 1. The van der Waals surface area contributed by atoms with Crippen molar-refractivity contribution in [3.63, 3.8) is 0 Å². The molecule has 1 unspecified atom stereocenters. The van der Waals surface area contributed by atoms with E-state index in [1.165, 1.54) is 32.1 Å². The van der Waals surface area contributed by atoms with Gasteiger partial charge in [-0.2, -0.15) is 0 Å². The normalized spacial score (nSPS) is 23.3. The van der Waals surface area contributed by atoms with Crippen LogP contribution in [0.1, 0.15) is 44.9 Å². The number of amides is 1. The Bertz CT molecular complexity index is 873. The minimum atomic E-state index is 0.0700. The first-order chi connectivity index (χ1) is 15.8. The van der Waals surface area contributed by atoms with E-state index in [1.807, 2.05) is 42.5 Å². The Morgan fingerprint density at radius 1 is 0.781 bits per heavy atom. The number of aromatic nitrogens is 2. The molecule has 0 bridgehead atoms. The zero-order chi connectivity index (χ0) is 21.8. The molecule has 5 rings (SSSR count). The van der Waals surface area contributed by atoms with Crippen LogP contribution in [-0.4, -0.2) is 71.2 Å². The maximum atomic E-state index is 13.3. The van der Waals surface area contributed by atoms with Gasteiger partial charge in [0.1, 0.15) is 0 Å². The van der Waals surface area contributed by atoms with Crippen LogP contribution in [0, 0.1) is 5.92 Å². The molecule has 0 N–H and O–H groups in total. The average molecular weight is 434 g/mol. The molecule has 3 heterocycles. The van der Waals surface area contributed by atoms with E-state index in [-0.39, 0.29) is 5.92 Å². The van der Waals surface area contributed by atoms with Gasteiger partial charge >= 0.3 is 0 Å². The molecule has 2 aromatic rings. The monoisotopic (exact) mass is 433 g/mol. The van der Waals surface area contributed by atoms with Gasteiger partial charge in [0.25, 0.3) is 0 Å². The van der Waals surface area contributed by atoms with E-state index in [1.54, 1.807) is 0 Å². The van der Waals surface area contributed by atoms with Crippen molar-refractivity contribution in [1.29, 1.82) is 0 Å². The molecule has 0 radical (unpaired) electrons. The molecule has 2 aliphatic heterocycles. The molecular formula is C26H35N5O. The Balaban J connectivity index is 1.16. The van der Waals surface area contributed by atoms with Crippen molar-refractivity contribution in [3.05, 3.63) is 42.5 Å². The van der Waals surface area contributed by atoms with Gasteiger partial charge in [-0.3, -0.25) is 9.69 Å². The van der Waals surface area contributed by atoms with E-state index < -0.39 is 0 Å². The number of nitrogens with zero attached hydrogens (tertiary/aromatic N) is 5. The highest BCUT2D eigenvalue weighted by Crippen LogP contribution is 2.26. The molecule has 6 nitrogen and oxygen atoms in total. The summed E-state index contributed by atoms with van der Waals surface area (Å²) < 4.78 is 0. The van der Waals surface area contributed by atoms with Crippen molar-refractivity contribution in [3.8, 4) is 11.3 Å². The molecule has 170 valence electrons. The van der Waals surface area contributed by atoms with Crippen LogP contribution in [0.5, 0.6) is 0 Å². The second kappa shape index (κ2) is 9.99. The van der Waals surface area contributed by atoms with Crippen LogP contribution in [0.15, 0.2) is 42.5 Å². The molecule has 3 aliphatic rings. The summed E-state index contributed by atoms with van der Waals surface area (Å²) in [6, 6.07) is 15.0. The smallest absolute Gasteiger partial charge is 0.227 e. The number of hydrogen-bond acceptors (Lipinski definition) is 5. The highest BCUT2D eigenvalue weighted by molar-refractivity contribution is 5.80. The van der Waals surface area contributed by atoms with Gasteiger partial charge in [0.2, 0.25) is 5.91 Å². The summed E-state index contributed by atoms with van der Waals surface area (Å²) in [5.41, 5.74) is 1.96. The lowest BCUT2D eigenvalue weighted by molar-refractivity contribution is -0.138. The zero-order valence-electron chi connectivity index (χ0n) is 19.0. The standard InChI is InChI=1S/C26H35N5O/c32-26(30-18-16-29(17-19-30)23-11-5-2-6-12-23)22-10-7-15-31(20-22)25-14-13-24(27-28-25)21-8-3-1-4-9-21/h1,3-4,8-9,13-14,22-23H,2,5-7,10-12,15-20H2. The Kier molecular flexibility index (Phi) is 6.67. The summed E-state index contributed by atoms with van der Waals surface area (Å²) in [5, 5.41) is 8.94. The van der Waals surface area contributed by atoms with Crippen molar-refractivity contribution in [2.45, 2.75) is 51.0 Å². The maximum Gasteiger partial charge on any atom is 0.227 e. The second-order valence-corrected chi connectivity index (χ2v) is 9.58. The van der Waals surface area contributed by atoms with Gasteiger partial charge in [0, 0.05) is 50.9 Å². The number of piperidine rings is 1. The lowest BCUT2D eigenvalue weighted by atomic mass is 9.93. The Hall–Kier alpha value is -2.47. The lowest BCUT2D eigenvalue weighted by Crippen LogP contribution is -2.54. The van der Waals surface area contributed by atoms with Crippen molar-refractivity contribution in [2.24, 2.45) is 5.92 Å². The van der Waals surface area contributed by atoms with Crippen LogP contribution in [0.4, 0.5) is 5.82 Å². The quantitative estimate of drug-likeness (QED) is 0.733.